The molecule has 20 heavy (non-hydrogen) atoms. The summed E-state index contributed by atoms with van der Waals surface area (Å²) in [7, 11) is 0. The van der Waals surface area contributed by atoms with Crippen molar-refractivity contribution in [1.29, 1.82) is 5.26 Å². The fourth-order valence-corrected chi connectivity index (χ4v) is 3.39. The van der Waals surface area contributed by atoms with Crippen LogP contribution in [-0.4, -0.2) is 14.8 Å². The highest BCUT2D eigenvalue weighted by atomic mass is 15.3. The van der Waals surface area contributed by atoms with Gasteiger partial charge in [0.05, 0.1) is 11.5 Å². The first-order valence-electron chi connectivity index (χ1n) is 7.90. The Hall–Kier alpha value is -1.37. The average molecular weight is 274 g/mol. The highest BCUT2D eigenvalue weighted by molar-refractivity contribution is 5.07. The molecule has 0 unspecified atom stereocenters. The number of nitriles is 1. The van der Waals surface area contributed by atoms with Gasteiger partial charge in [-0.25, -0.2) is 9.67 Å². The van der Waals surface area contributed by atoms with Crippen LogP contribution in [-0.2, 0) is 6.42 Å². The predicted molar refractivity (Wildman–Crippen MR) is 79.0 cm³/mol. The number of hydrogen-bond acceptors (Lipinski definition) is 3. The molecule has 1 saturated carbocycles. The van der Waals surface area contributed by atoms with Gasteiger partial charge in [-0.1, -0.05) is 19.8 Å². The summed E-state index contributed by atoms with van der Waals surface area (Å²) < 4.78 is 1.96. The van der Waals surface area contributed by atoms with Crippen molar-refractivity contribution in [2.75, 3.05) is 0 Å². The third kappa shape index (κ3) is 3.20. The zero-order chi connectivity index (χ0) is 14.6. The van der Waals surface area contributed by atoms with Gasteiger partial charge in [0.2, 0.25) is 0 Å². The van der Waals surface area contributed by atoms with E-state index in [4.69, 9.17) is 0 Å². The maximum atomic E-state index is 9.68. The van der Waals surface area contributed by atoms with Crippen LogP contribution in [0.2, 0.25) is 0 Å². The summed E-state index contributed by atoms with van der Waals surface area (Å²) in [5.41, 5.74) is -0.218. The lowest BCUT2D eigenvalue weighted by Gasteiger charge is -2.34. The first-order chi connectivity index (χ1) is 9.60. The molecule has 4 heteroatoms. The zero-order valence-corrected chi connectivity index (χ0v) is 13.0. The van der Waals surface area contributed by atoms with Crippen molar-refractivity contribution < 1.29 is 0 Å². The van der Waals surface area contributed by atoms with Crippen LogP contribution in [0.4, 0.5) is 0 Å². The third-order valence-corrected chi connectivity index (χ3v) is 4.63. The summed E-state index contributed by atoms with van der Waals surface area (Å²) in [6.07, 6.45) is 9.34. The Morgan fingerprint density at radius 3 is 2.70 bits per heavy atom. The minimum absolute atomic E-state index is 0.218. The van der Waals surface area contributed by atoms with E-state index in [1.807, 2.05) is 4.68 Å². The first kappa shape index (κ1) is 15.0. The van der Waals surface area contributed by atoms with Crippen LogP contribution in [0.15, 0.2) is 6.33 Å². The van der Waals surface area contributed by atoms with E-state index in [9.17, 15) is 5.26 Å². The quantitative estimate of drug-likeness (QED) is 0.818. The van der Waals surface area contributed by atoms with Crippen LogP contribution in [0, 0.1) is 22.7 Å². The number of hydrogen-bond donors (Lipinski definition) is 0. The molecule has 0 N–H and O–H groups in total. The van der Waals surface area contributed by atoms with Gasteiger partial charge in [-0.3, -0.25) is 0 Å². The molecule has 0 bridgehead atoms. The van der Waals surface area contributed by atoms with E-state index >= 15 is 0 Å². The van der Waals surface area contributed by atoms with Crippen molar-refractivity contribution in [1.82, 2.24) is 14.8 Å². The second kappa shape index (κ2) is 6.39. The normalized spacial score (nSPS) is 26.6. The van der Waals surface area contributed by atoms with Crippen molar-refractivity contribution in [3.05, 3.63) is 12.2 Å². The number of rotatable bonds is 5. The van der Waals surface area contributed by atoms with Crippen molar-refractivity contribution in [3.8, 4) is 6.07 Å². The Bertz CT molecular complexity index is 461. The number of aromatic nitrogens is 3. The van der Waals surface area contributed by atoms with Gasteiger partial charge >= 0.3 is 0 Å². The van der Waals surface area contributed by atoms with E-state index in [2.05, 4.69) is 36.9 Å². The molecule has 0 saturated heterocycles. The molecule has 1 aliphatic carbocycles. The maximum absolute atomic E-state index is 9.68. The molecule has 1 fully saturated rings. The second-order valence-corrected chi connectivity index (χ2v) is 6.52. The largest absolute Gasteiger partial charge is 0.248 e. The molecular formula is C16H26N4. The van der Waals surface area contributed by atoms with Crippen LogP contribution in [0.1, 0.15) is 71.2 Å². The van der Waals surface area contributed by atoms with E-state index in [0.29, 0.717) is 6.04 Å². The molecule has 4 nitrogen and oxygen atoms in total. The smallest absolute Gasteiger partial charge is 0.138 e. The minimum Gasteiger partial charge on any atom is -0.248 e. The molecular weight excluding hydrogens is 248 g/mol. The lowest BCUT2D eigenvalue weighted by molar-refractivity contribution is 0.195. The van der Waals surface area contributed by atoms with Gasteiger partial charge < -0.3 is 0 Å². The predicted octanol–water partition coefficient (Wildman–Crippen LogP) is 3.90. The Labute approximate surface area is 122 Å². The standard InChI is InChI=1S/C16H26N4/c1-4-5-14-6-8-16(11-17,9-7-14)10-15-18-12-19-20(15)13(2)3/h12-14H,4-10H2,1-3H3. The second-order valence-electron chi connectivity index (χ2n) is 6.52. The summed E-state index contributed by atoms with van der Waals surface area (Å²) in [5.74, 6) is 1.79. The lowest BCUT2D eigenvalue weighted by Crippen LogP contribution is -2.30. The average Bonchev–Trinajstić information content (AvgIpc) is 2.89. The summed E-state index contributed by atoms with van der Waals surface area (Å²) in [6.45, 7) is 6.46. The molecule has 1 heterocycles. The molecule has 0 amide bonds. The van der Waals surface area contributed by atoms with Crippen molar-refractivity contribution in [3.63, 3.8) is 0 Å². The van der Waals surface area contributed by atoms with E-state index in [1.165, 1.54) is 25.7 Å². The molecule has 0 aromatic carbocycles. The molecule has 1 aromatic rings. The minimum atomic E-state index is -0.218. The van der Waals surface area contributed by atoms with Gasteiger partial charge in [0.25, 0.3) is 0 Å². The molecule has 0 aliphatic heterocycles. The summed E-state index contributed by atoms with van der Waals surface area (Å²) in [5, 5.41) is 14.0. The maximum Gasteiger partial charge on any atom is 0.138 e. The van der Waals surface area contributed by atoms with E-state index < -0.39 is 0 Å². The van der Waals surface area contributed by atoms with Crippen LogP contribution >= 0.6 is 0 Å². The van der Waals surface area contributed by atoms with Crippen molar-refractivity contribution >= 4 is 0 Å². The Kier molecular flexibility index (Phi) is 4.80. The Morgan fingerprint density at radius 2 is 2.15 bits per heavy atom. The molecule has 0 spiro atoms. The Balaban J connectivity index is 2.06. The van der Waals surface area contributed by atoms with Gasteiger partial charge in [0, 0.05) is 12.5 Å². The van der Waals surface area contributed by atoms with Crippen molar-refractivity contribution in [2.24, 2.45) is 11.3 Å². The Morgan fingerprint density at radius 1 is 1.45 bits per heavy atom. The van der Waals surface area contributed by atoms with Gasteiger partial charge in [-0.05, 0) is 45.4 Å². The lowest BCUT2D eigenvalue weighted by atomic mass is 9.68. The molecule has 1 aliphatic rings. The topological polar surface area (TPSA) is 54.5 Å². The fraction of sp³-hybridized carbons (Fsp3) is 0.812. The van der Waals surface area contributed by atoms with Crippen LogP contribution in [0.25, 0.3) is 0 Å². The first-order valence-corrected chi connectivity index (χ1v) is 7.90. The highest BCUT2D eigenvalue weighted by Gasteiger charge is 2.36. The third-order valence-electron chi connectivity index (χ3n) is 4.63. The summed E-state index contributed by atoms with van der Waals surface area (Å²) in [4.78, 5) is 4.38. The molecule has 2 rings (SSSR count). The molecule has 0 atom stereocenters. The van der Waals surface area contributed by atoms with E-state index in [0.717, 1.165) is 31.0 Å². The van der Waals surface area contributed by atoms with E-state index in [1.54, 1.807) is 6.33 Å². The highest BCUT2D eigenvalue weighted by Crippen LogP contribution is 2.42. The zero-order valence-electron chi connectivity index (χ0n) is 13.0. The molecule has 0 radical (unpaired) electrons. The SMILES string of the molecule is CCCC1CCC(C#N)(Cc2ncnn2C(C)C)CC1. The number of nitrogens with zero attached hydrogens (tertiary/aromatic N) is 4. The van der Waals surface area contributed by atoms with E-state index in [-0.39, 0.29) is 5.41 Å². The van der Waals surface area contributed by atoms with Crippen LogP contribution < -0.4 is 0 Å². The van der Waals surface area contributed by atoms with Gasteiger partial charge in [0.15, 0.2) is 0 Å². The fourth-order valence-electron chi connectivity index (χ4n) is 3.39. The monoisotopic (exact) mass is 274 g/mol. The van der Waals surface area contributed by atoms with Gasteiger partial charge in [-0.15, -0.1) is 0 Å². The summed E-state index contributed by atoms with van der Waals surface area (Å²) >= 11 is 0. The van der Waals surface area contributed by atoms with Crippen LogP contribution in [0.3, 0.4) is 0 Å². The van der Waals surface area contributed by atoms with Crippen LogP contribution in [0.5, 0.6) is 0 Å². The molecule has 1 aromatic heterocycles. The van der Waals surface area contributed by atoms with Crippen molar-refractivity contribution in [2.45, 2.75) is 71.8 Å². The molecule has 110 valence electrons. The van der Waals surface area contributed by atoms with Gasteiger partial charge in [0.1, 0.15) is 12.2 Å². The van der Waals surface area contributed by atoms with Gasteiger partial charge in [-0.2, -0.15) is 10.4 Å². The summed E-state index contributed by atoms with van der Waals surface area (Å²) in [6, 6.07) is 2.91.